The number of aromatic nitrogens is 2. The highest BCUT2D eigenvalue weighted by atomic mass is 35.5. The maximum atomic E-state index is 12.5. The average molecular weight is 411 g/mol. The lowest BCUT2D eigenvalue weighted by Gasteiger charge is -2.21. The third-order valence-electron chi connectivity index (χ3n) is 5.19. The highest BCUT2D eigenvalue weighted by molar-refractivity contribution is 5.85. The third-order valence-corrected chi connectivity index (χ3v) is 5.19. The molecule has 5 nitrogen and oxygen atoms in total. The van der Waals surface area contributed by atoms with E-state index in [0.29, 0.717) is 13.1 Å². The normalized spacial score (nSPS) is 16.1. The molecule has 1 unspecified atom stereocenters. The third kappa shape index (κ3) is 5.46. The Bertz CT molecular complexity index is 905. The van der Waals surface area contributed by atoms with E-state index in [-0.39, 0.29) is 24.2 Å². The zero-order valence-corrected chi connectivity index (χ0v) is 17.2. The molecule has 0 radical (unpaired) electrons. The lowest BCUT2D eigenvalue weighted by molar-refractivity contribution is -0.125. The van der Waals surface area contributed by atoms with Crippen molar-refractivity contribution in [3.05, 3.63) is 78.0 Å². The van der Waals surface area contributed by atoms with Crippen LogP contribution in [0, 0.1) is 5.92 Å². The maximum absolute atomic E-state index is 12.5. The Hall–Kier alpha value is -2.63. The zero-order chi connectivity index (χ0) is 19.2. The zero-order valence-electron chi connectivity index (χ0n) is 16.4. The Labute approximate surface area is 177 Å². The van der Waals surface area contributed by atoms with E-state index < -0.39 is 0 Å². The van der Waals surface area contributed by atoms with E-state index in [1.807, 2.05) is 41.1 Å². The molecule has 2 N–H and O–H groups in total. The molecule has 2 heterocycles. The molecule has 0 bridgehead atoms. The van der Waals surface area contributed by atoms with Crippen LogP contribution in [0.25, 0.3) is 11.3 Å². The lowest BCUT2D eigenvalue weighted by atomic mass is 9.99. The van der Waals surface area contributed by atoms with Crippen LogP contribution in [0.2, 0.25) is 0 Å². The molecular weight excluding hydrogens is 384 g/mol. The van der Waals surface area contributed by atoms with Crippen LogP contribution >= 0.6 is 12.4 Å². The van der Waals surface area contributed by atoms with E-state index in [1.165, 1.54) is 5.56 Å². The van der Waals surface area contributed by atoms with Crippen molar-refractivity contribution in [3.63, 3.8) is 0 Å². The summed E-state index contributed by atoms with van der Waals surface area (Å²) in [5, 5.41) is 11.2. The van der Waals surface area contributed by atoms with E-state index in [4.69, 9.17) is 5.10 Å². The lowest BCUT2D eigenvalue weighted by Crippen LogP contribution is -2.40. The Morgan fingerprint density at radius 2 is 1.83 bits per heavy atom. The fourth-order valence-corrected chi connectivity index (χ4v) is 3.68. The molecule has 1 aromatic heterocycles. The molecule has 6 heteroatoms. The van der Waals surface area contributed by atoms with Gasteiger partial charge in [-0.15, -0.1) is 12.4 Å². The number of benzene rings is 2. The van der Waals surface area contributed by atoms with Crippen LogP contribution in [0.15, 0.2) is 66.9 Å². The molecule has 0 saturated carbocycles. The number of halogens is 1. The number of nitrogens with zero attached hydrogens (tertiary/aromatic N) is 2. The van der Waals surface area contributed by atoms with Crippen molar-refractivity contribution in [1.82, 2.24) is 20.4 Å². The van der Waals surface area contributed by atoms with Gasteiger partial charge < -0.3 is 10.6 Å². The molecule has 1 aliphatic heterocycles. The summed E-state index contributed by atoms with van der Waals surface area (Å²) in [5.41, 5.74) is 4.24. The first-order valence-electron chi connectivity index (χ1n) is 9.94. The minimum atomic E-state index is 0. The fourth-order valence-electron chi connectivity index (χ4n) is 3.68. The molecular formula is C23H27ClN4O. The summed E-state index contributed by atoms with van der Waals surface area (Å²) in [4.78, 5) is 12.5. The number of carbonyl (C=O) groups is 1. The van der Waals surface area contributed by atoms with Gasteiger partial charge in [0, 0.05) is 30.4 Å². The van der Waals surface area contributed by atoms with E-state index in [9.17, 15) is 4.79 Å². The summed E-state index contributed by atoms with van der Waals surface area (Å²) in [7, 11) is 0. The van der Waals surface area contributed by atoms with Gasteiger partial charge in [0.05, 0.1) is 18.2 Å². The fraction of sp³-hybridized carbons (Fsp3) is 0.304. The number of rotatable bonds is 6. The van der Waals surface area contributed by atoms with E-state index in [0.717, 1.165) is 42.8 Å². The van der Waals surface area contributed by atoms with Gasteiger partial charge in [-0.05, 0) is 24.9 Å². The van der Waals surface area contributed by atoms with E-state index in [2.05, 4.69) is 41.1 Å². The van der Waals surface area contributed by atoms with Gasteiger partial charge in [0.25, 0.3) is 0 Å². The Morgan fingerprint density at radius 3 is 2.52 bits per heavy atom. The second-order valence-electron chi connectivity index (χ2n) is 7.31. The highest BCUT2D eigenvalue weighted by Crippen LogP contribution is 2.22. The number of amides is 1. The minimum Gasteiger partial charge on any atom is -0.352 e. The minimum absolute atomic E-state index is 0. The van der Waals surface area contributed by atoms with Crippen molar-refractivity contribution in [2.24, 2.45) is 5.92 Å². The molecule has 3 aromatic rings. The second-order valence-corrected chi connectivity index (χ2v) is 7.31. The number of carbonyl (C=O) groups excluding carboxylic acids is 1. The van der Waals surface area contributed by atoms with Crippen LogP contribution < -0.4 is 10.6 Å². The van der Waals surface area contributed by atoms with E-state index >= 15 is 0 Å². The Balaban J connectivity index is 0.00000240. The number of hydrogen-bond donors (Lipinski definition) is 2. The van der Waals surface area contributed by atoms with Gasteiger partial charge in [-0.1, -0.05) is 60.7 Å². The van der Waals surface area contributed by atoms with Gasteiger partial charge in [-0.2, -0.15) is 5.10 Å². The highest BCUT2D eigenvalue weighted by Gasteiger charge is 2.21. The molecule has 152 valence electrons. The van der Waals surface area contributed by atoms with Gasteiger partial charge in [-0.25, -0.2) is 0 Å². The van der Waals surface area contributed by atoms with Gasteiger partial charge in [0.15, 0.2) is 0 Å². The van der Waals surface area contributed by atoms with Crippen LogP contribution in [0.1, 0.15) is 24.0 Å². The van der Waals surface area contributed by atoms with Crippen LogP contribution in [-0.4, -0.2) is 28.8 Å². The van der Waals surface area contributed by atoms with Gasteiger partial charge in [-0.3, -0.25) is 9.48 Å². The predicted octanol–water partition coefficient (Wildman–Crippen LogP) is 3.64. The first-order valence-corrected chi connectivity index (χ1v) is 9.94. The molecule has 2 aromatic carbocycles. The molecule has 1 atom stereocenters. The topological polar surface area (TPSA) is 59.0 Å². The number of hydrogen-bond acceptors (Lipinski definition) is 3. The average Bonchev–Trinajstić information content (AvgIpc) is 3.16. The molecule has 1 saturated heterocycles. The monoisotopic (exact) mass is 410 g/mol. The summed E-state index contributed by atoms with van der Waals surface area (Å²) < 4.78 is 1.96. The SMILES string of the molecule is Cl.O=C(NCc1cn(Cc2ccccc2)nc1-c1ccccc1)C1CCCNC1. The second kappa shape index (κ2) is 10.2. The van der Waals surface area contributed by atoms with E-state index in [1.54, 1.807) is 0 Å². The van der Waals surface area contributed by atoms with Crippen molar-refractivity contribution in [3.8, 4) is 11.3 Å². The van der Waals surface area contributed by atoms with Crippen LogP contribution in [0.5, 0.6) is 0 Å². The summed E-state index contributed by atoms with van der Waals surface area (Å²) in [5.74, 6) is 0.190. The molecule has 1 amide bonds. The summed E-state index contributed by atoms with van der Waals surface area (Å²) in [6.45, 7) is 2.98. The first kappa shape index (κ1) is 21.1. The van der Waals surface area contributed by atoms with Crippen LogP contribution in [0.3, 0.4) is 0 Å². The Kier molecular flexibility index (Phi) is 7.44. The summed E-state index contributed by atoms with van der Waals surface area (Å²) in [6, 6.07) is 20.4. The van der Waals surface area contributed by atoms with Crippen molar-refractivity contribution >= 4 is 18.3 Å². The predicted molar refractivity (Wildman–Crippen MR) is 118 cm³/mol. The number of nitrogens with one attached hydrogen (secondary N) is 2. The summed E-state index contributed by atoms with van der Waals surface area (Å²) in [6.07, 6.45) is 4.06. The van der Waals surface area contributed by atoms with Gasteiger partial charge >= 0.3 is 0 Å². The molecule has 0 aliphatic carbocycles. The van der Waals surface area contributed by atoms with Crippen molar-refractivity contribution in [1.29, 1.82) is 0 Å². The van der Waals surface area contributed by atoms with Gasteiger partial charge in [0.2, 0.25) is 5.91 Å². The number of piperidine rings is 1. The maximum Gasteiger partial charge on any atom is 0.224 e. The molecule has 29 heavy (non-hydrogen) atoms. The summed E-state index contributed by atoms with van der Waals surface area (Å²) >= 11 is 0. The smallest absolute Gasteiger partial charge is 0.224 e. The van der Waals surface area contributed by atoms with Crippen molar-refractivity contribution < 1.29 is 4.79 Å². The molecule has 1 fully saturated rings. The largest absolute Gasteiger partial charge is 0.352 e. The quantitative estimate of drug-likeness (QED) is 0.652. The van der Waals surface area contributed by atoms with Crippen LogP contribution in [-0.2, 0) is 17.9 Å². The van der Waals surface area contributed by atoms with Crippen LogP contribution in [0.4, 0.5) is 0 Å². The molecule has 4 rings (SSSR count). The standard InChI is InChI=1S/C23H26N4O.ClH/c28-23(20-12-7-13-24-14-20)25-15-21-17-27(16-18-8-3-1-4-9-18)26-22(21)19-10-5-2-6-11-19;/h1-6,8-11,17,20,24H,7,12-16H2,(H,25,28);1H. The molecule has 1 aliphatic rings. The molecule has 0 spiro atoms. The van der Waals surface area contributed by atoms with Crippen molar-refractivity contribution in [2.75, 3.05) is 13.1 Å². The van der Waals surface area contributed by atoms with Crippen molar-refractivity contribution in [2.45, 2.75) is 25.9 Å². The van der Waals surface area contributed by atoms with Gasteiger partial charge in [0.1, 0.15) is 0 Å². The Morgan fingerprint density at radius 1 is 1.10 bits per heavy atom. The first-order chi connectivity index (χ1) is 13.8.